The Morgan fingerprint density at radius 1 is 1.38 bits per heavy atom. The molecule has 16 heavy (non-hydrogen) atoms. The van der Waals surface area contributed by atoms with E-state index in [1.165, 1.54) is 6.92 Å². The van der Waals surface area contributed by atoms with Crippen molar-refractivity contribution in [3.63, 3.8) is 0 Å². The fraction of sp³-hybridized carbons (Fsp3) is 0.222. The zero-order chi connectivity index (χ0) is 12.1. The molecule has 0 aliphatic rings. The maximum absolute atomic E-state index is 11.4. The Balaban J connectivity index is 2.59. The number of thiophene rings is 1. The predicted molar refractivity (Wildman–Crippen MR) is 60.2 cm³/mol. The third-order valence-corrected chi connectivity index (χ3v) is 2.55. The standard InChI is InChI=1S/C9H11N3O3S/c1-5(13)12-8-3-2-6(16-8)9(15)11-4-7(10)14/h2-3H,4H2,1H3,(H2,10,14)(H,11,15)(H,12,13). The quantitative estimate of drug-likeness (QED) is 0.687. The highest BCUT2D eigenvalue weighted by Gasteiger charge is 2.09. The van der Waals surface area contributed by atoms with Crippen LogP contribution in [0.15, 0.2) is 12.1 Å². The first kappa shape index (κ1) is 12.2. The molecule has 0 unspecified atom stereocenters. The molecule has 6 nitrogen and oxygen atoms in total. The van der Waals surface area contributed by atoms with E-state index in [9.17, 15) is 14.4 Å². The van der Waals surface area contributed by atoms with Gasteiger partial charge in [0.1, 0.15) is 0 Å². The van der Waals surface area contributed by atoms with Gasteiger partial charge in [0.05, 0.1) is 16.4 Å². The van der Waals surface area contributed by atoms with E-state index in [0.717, 1.165) is 11.3 Å². The molecule has 3 amide bonds. The highest BCUT2D eigenvalue weighted by atomic mass is 32.1. The molecule has 0 aliphatic carbocycles. The molecule has 0 atom stereocenters. The summed E-state index contributed by atoms with van der Waals surface area (Å²) >= 11 is 1.12. The van der Waals surface area contributed by atoms with Crippen molar-refractivity contribution in [2.24, 2.45) is 5.73 Å². The van der Waals surface area contributed by atoms with Gasteiger partial charge in [-0.15, -0.1) is 11.3 Å². The number of amides is 3. The van der Waals surface area contributed by atoms with Gasteiger partial charge < -0.3 is 16.4 Å². The molecule has 0 saturated heterocycles. The molecule has 0 fully saturated rings. The summed E-state index contributed by atoms with van der Waals surface area (Å²) in [5.41, 5.74) is 4.88. The Bertz CT molecular complexity index is 427. The highest BCUT2D eigenvalue weighted by molar-refractivity contribution is 7.18. The Labute approximate surface area is 95.8 Å². The Kier molecular flexibility index (Phi) is 4.01. The molecule has 1 aromatic heterocycles. The number of anilines is 1. The van der Waals surface area contributed by atoms with Gasteiger partial charge in [0.15, 0.2) is 0 Å². The molecular formula is C9H11N3O3S. The molecule has 86 valence electrons. The zero-order valence-electron chi connectivity index (χ0n) is 8.57. The van der Waals surface area contributed by atoms with Crippen molar-refractivity contribution < 1.29 is 14.4 Å². The van der Waals surface area contributed by atoms with Gasteiger partial charge in [-0.25, -0.2) is 0 Å². The molecule has 0 aliphatic heterocycles. The molecule has 1 aromatic rings. The number of nitrogens with two attached hydrogens (primary N) is 1. The molecule has 0 bridgehead atoms. The average molecular weight is 241 g/mol. The maximum atomic E-state index is 11.4. The second-order valence-corrected chi connectivity index (χ2v) is 4.08. The van der Waals surface area contributed by atoms with Gasteiger partial charge in [-0.05, 0) is 12.1 Å². The summed E-state index contributed by atoms with van der Waals surface area (Å²) in [6.45, 7) is 1.18. The summed E-state index contributed by atoms with van der Waals surface area (Å²) in [4.78, 5) is 33.0. The van der Waals surface area contributed by atoms with Gasteiger partial charge in [0, 0.05) is 6.92 Å². The summed E-state index contributed by atoms with van der Waals surface area (Å²) in [5, 5.41) is 5.48. The van der Waals surface area contributed by atoms with Gasteiger partial charge in [0.25, 0.3) is 5.91 Å². The van der Waals surface area contributed by atoms with Crippen LogP contribution in [0.4, 0.5) is 5.00 Å². The third-order valence-electron chi connectivity index (χ3n) is 1.55. The first-order chi connectivity index (χ1) is 7.49. The Hall–Kier alpha value is -1.89. The lowest BCUT2D eigenvalue weighted by Gasteiger charge is -1.99. The van der Waals surface area contributed by atoms with E-state index in [1.54, 1.807) is 12.1 Å². The molecule has 1 rings (SSSR count). The minimum Gasteiger partial charge on any atom is -0.368 e. The fourth-order valence-corrected chi connectivity index (χ4v) is 1.82. The van der Waals surface area contributed by atoms with Crippen molar-refractivity contribution in [1.29, 1.82) is 0 Å². The molecule has 4 N–H and O–H groups in total. The topological polar surface area (TPSA) is 101 Å². The van der Waals surface area contributed by atoms with E-state index in [0.29, 0.717) is 9.88 Å². The second-order valence-electron chi connectivity index (χ2n) is 2.99. The lowest BCUT2D eigenvalue weighted by molar-refractivity contribution is -0.117. The van der Waals surface area contributed by atoms with E-state index >= 15 is 0 Å². The Morgan fingerprint density at radius 2 is 2.06 bits per heavy atom. The summed E-state index contributed by atoms with van der Waals surface area (Å²) in [6.07, 6.45) is 0. The van der Waals surface area contributed by atoms with Crippen LogP contribution in [0.3, 0.4) is 0 Å². The van der Waals surface area contributed by atoms with Crippen molar-refractivity contribution in [3.05, 3.63) is 17.0 Å². The van der Waals surface area contributed by atoms with E-state index in [4.69, 9.17) is 5.73 Å². The van der Waals surface area contributed by atoms with Crippen molar-refractivity contribution in [2.45, 2.75) is 6.92 Å². The van der Waals surface area contributed by atoms with Crippen molar-refractivity contribution in [1.82, 2.24) is 5.32 Å². The van der Waals surface area contributed by atoms with Gasteiger partial charge in [-0.3, -0.25) is 14.4 Å². The molecule has 0 aromatic carbocycles. The van der Waals surface area contributed by atoms with Crippen molar-refractivity contribution >= 4 is 34.1 Å². The van der Waals surface area contributed by atoms with Crippen LogP contribution in [0.5, 0.6) is 0 Å². The first-order valence-electron chi connectivity index (χ1n) is 4.43. The van der Waals surface area contributed by atoms with Crippen molar-refractivity contribution in [2.75, 3.05) is 11.9 Å². The van der Waals surface area contributed by atoms with Crippen LogP contribution in [-0.4, -0.2) is 24.3 Å². The number of rotatable bonds is 4. The summed E-state index contributed by atoms with van der Waals surface area (Å²) in [6, 6.07) is 3.18. The summed E-state index contributed by atoms with van der Waals surface area (Å²) in [7, 11) is 0. The predicted octanol–water partition coefficient (Wildman–Crippen LogP) is -0.0784. The Morgan fingerprint density at radius 3 is 2.62 bits per heavy atom. The second kappa shape index (κ2) is 5.26. The largest absolute Gasteiger partial charge is 0.368 e. The molecule has 7 heteroatoms. The SMILES string of the molecule is CC(=O)Nc1ccc(C(=O)NCC(N)=O)s1. The van der Waals surface area contributed by atoms with Crippen molar-refractivity contribution in [3.8, 4) is 0 Å². The number of primary amides is 1. The van der Waals surface area contributed by atoms with Crippen LogP contribution in [-0.2, 0) is 9.59 Å². The van der Waals surface area contributed by atoms with E-state index < -0.39 is 5.91 Å². The molecule has 0 radical (unpaired) electrons. The van der Waals surface area contributed by atoms with Crippen LogP contribution in [0.25, 0.3) is 0 Å². The zero-order valence-corrected chi connectivity index (χ0v) is 9.39. The minimum atomic E-state index is -0.605. The average Bonchev–Trinajstić information content (AvgIpc) is 2.61. The van der Waals surface area contributed by atoms with Gasteiger partial charge >= 0.3 is 0 Å². The summed E-state index contributed by atoms with van der Waals surface area (Å²) < 4.78 is 0. The number of hydrogen-bond acceptors (Lipinski definition) is 4. The lowest BCUT2D eigenvalue weighted by atomic mass is 10.4. The van der Waals surface area contributed by atoms with E-state index in [-0.39, 0.29) is 18.4 Å². The fourth-order valence-electron chi connectivity index (χ4n) is 0.955. The molecule has 0 spiro atoms. The minimum absolute atomic E-state index is 0.202. The number of carbonyl (C=O) groups excluding carboxylic acids is 3. The first-order valence-corrected chi connectivity index (χ1v) is 5.24. The van der Waals surface area contributed by atoms with Crippen LogP contribution in [0.1, 0.15) is 16.6 Å². The van der Waals surface area contributed by atoms with Crippen LogP contribution in [0, 0.1) is 0 Å². The third kappa shape index (κ3) is 3.70. The van der Waals surface area contributed by atoms with Gasteiger partial charge in [-0.2, -0.15) is 0 Å². The normalized spacial score (nSPS) is 9.56. The number of hydrogen-bond donors (Lipinski definition) is 3. The monoisotopic (exact) mass is 241 g/mol. The van der Waals surface area contributed by atoms with Gasteiger partial charge in [0.2, 0.25) is 11.8 Å². The molecular weight excluding hydrogens is 230 g/mol. The lowest BCUT2D eigenvalue weighted by Crippen LogP contribution is -2.32. The molecule has 1 heterocycles. The summed E-state index contributed by atoms with van der Waals surface area (Å²) in [5.74, 6) is -1.20. The van der Waals surface area contributed by atoms with Gasteiger partial charge in [-0.1, -0.05) is 0 Å². The van der Waals surface area contributed by atoms with Crippen LogP contribution in [0.2, 0.25) is 0 Å². The maximum Gasteiger partial charge on any atom is 0.261 e. The highest BCUT2D eigenvalue weighted by Crippen LogP contribution is 2.21. The molecule has 0 saturated carbocycles. The van der Waals surface area contributed by atoms with Crippen LogP contribution >= 0.6 is 11.3 Å². The number of nitrogens with one attached hydrogen (secondary N) is 2. The smallest absolute Gasteiger partial charge is 0.261 e. The van der Waals surface area contributed by atoms with E-state index in [1.807, 2.05) is 0 Å². The number of carbonyl (C=O) groups is 3. The van der Waals surface area contributed by atoms with Crippen LogP contribution < -0.4 is 16.4 Å². The van der Waals surface area contributed by atoms with E-state index in [2.05, 4.69) is 10.6 Å².